The molecule has 0 bridgehead atoms. The summed E-state index contributed by atoms with van der Waals surface area (Å²) in [6.07, 6.45) is -3.43. The number of aliphatic hydroxyl groups excluding tert-OH is 2. The first-order valence-electron chi connectivity index (χ1n) is 5.80. The van der Waals surface area contributed by atoms with Crippen LogP contribution in [-0.2, 0) is 9.53 Å². The van der Waals surface area contributed by atoms with Crippen LogP contribution < -0.4 is 10.6 Å². The number of thioether (sulfide) groups is 1. The Labute approximate surface area is 109 Å². The Hall–Kier alpha value is -0.830. The van der Waals surface area contributed by atoms with E-state index in [1.165, 1.54) is 18.8 Å². The first kappa shape index (κ1) is 13.6. The number of nitrogens with zero attached hydrogens (tertiary/aromatic N) is 1. The Morgan fingerprint density at radius 1 is 1.50 bits per heavy atom. The summed E-state index contributed by atoms with van der Waals surface area (Å²) < 4.78 is 5.51. The van der Waals surface area contributed by atoms with Crippen molar-refractivity contribution in [1.82, 2.24) is 10.6 Å². The predicted molar refractivity (Wildman–Crippen MR) is 67.2 cm³/mol. The summed E-state index contributed by atoms with van der Waals surface area (Å²) in [5, 5.41) is 26.0. The second-order valence-electron chi connectivity index (χ2n) is 4.09. The van der Waals surface area contributed by atoms with Gasteiger partial charge in [0.25, 0.3) is 5.91 Å². The molecule has 1 fully saturated rings. The fourth-order valence-electron chi connectivity index (χ4n) is 1.96. The van der Waals surface area contributed by atoms with Gasteiger partial charge < -0.3 is 25.6 Å². The minimum absolute atomic E-state index is 0.445. The number of aliphatic hydroxyl groups is 2. The zero-order chi connectivity index (χ0) is 13.3. The second kappa shape index (κ2) is 5.43. The van der Waals surface area contributed by atoms with Crippen molar-refractivity contribution in [3.8, 4) is 0 Å². The van der Waals surface area contributed by atoms with E-state index in [1.54, 1.807) is 0 Å². The topological polar surface area (TPSA) is 103 Å². The van der Waals surface area contributed by atoms with Gasteiger partial charge in [-0.15, -0.1) is 0 Å². The summed E-state index contributed by atoms with van der Waals surface area (Å²) in [6, 6.07) is -0.542. The number of carbonyl (C=O) groups excluding carboxylic acids is 1. The molecule has 102 valence electrons. The molecule has 2 aliphatic rings. The van der Waals surface area contributed by atoms with Gasteiger partial charge in [-0.05, 0) is 6.92 Å². The van der Waals surface area contributed by atoms with E-state index in [0.717, 1.165) is 0 Å². The summed E-state index contributed by atoms with van der Waals surface area (Å²) in [4.78, 5) is 15.8. The molecule has 0 unspecified atom stereocenters. The van der Waals surface area contributed by atoms with Crippen LogP contribution in [0.15, 0.2) is 4.99 Å². The molecule has 0 saturated carbocycles. The number of hydrogen-bond acceptors (Lipinski definition) is 7. The van der Waals surface area contributed by atoms with Crippen LogP contribution in [0.5, 0.6) is 0 Å². The molecule has 7 nitrogen and oxygen atoms in total. The molecule has 0 spiro atoms. The fraction of sp³-hybridized carbons (Fsp3) is 0.800. The molecular weight excluding hydrogens is 258 g/mol. The SMILES string of the molecule is CCNC1=N[C@@H]2[C@@H](O)[C@H](O)[C@@H](C(=O)NC)O[C@@H]2S1. The van der Waals surface area contributed by atoms with Crippen molar-refractivity contribution >= 4 is 22.8 Å². The Bertz CT molecular complexity index is 365. The zero-order valence-electron chi connectivity index (χ0n) is 10.2. The normalized spacial score (nSPS) is 38.9. The van der Waals surface area contributed by atoms with Crippen LogP contribution in [0.4, 0.5) is 0 Å². The summed E-state index contributed by atoms with van der Waals surface area (Å²) in [7, 11) is 1.46. The number of fused-ring (bicyclic) bond motifs is 1. The Balaban J connectivity index is 2.11. The first-order valence-corrected chi connectivity index (χ1v) is 6.68. The fourth-order valence-corrected chi connectivity index (χ4v) is 3.12. The summed E-state index contributed by atoms with van der Waals surface area (Å²) >= 11 is 1.32. The van der Waals surface area contributed by atoms with Crippen molar-refractivity contribution in [1.29, 1.82) is 0 Å². The molecular formula is C10H17N3O4S. The minimum atomic E-state index is -1.27. The van der Waals surface area contributed by atoms with Gasteiger partial charge in [-0.25, -0.2) is 0 Å². The van der Waals surface area contributed by atoms with E-state index in [4.69, 9.17) is 4.74 Å². The molecule has 0 aliphatic carbocycles. The van der Waals surface area contributed by atoms with E-state index in [0.29, 0.717) is 11.7 Å². The number of ether oxygens (including phenoxy) is 1. The molecule has 18 heavy (non-hydrogen) atoms. The van der Waals surface area contributed by atoms with Crippen molar-refractivity contribution in [2.45, 2.75) is 36.7 Å². The number of amidine groups is 1. The third kappa shape index (κ3) is 2.33. The number of carbonyl (C=O) groups is 1. The van der Waals surface area contributed by atoms with Crippen LogP contribution in [0.25, 0.3) is 0 Å². The van der Waals surface area contributed by atoms with Crippen LogP contribution in [0, 0.1) is 0 Å². The van der Waals surface area contributed by atoms with Crippen LogP contribution in [-0.4, -0.2) is 64.7 Å². The summed E-state index contributed by atoms with van der Waals surface area (Å²) in [5.41, 5.74) is -0.445. The first-order chi connectivity index (χ1) is 8.58. The molecule has 0 aromatic heterocycles. The average Bonchev–Trinajstić information content (AvgIpc) is 2.76. The molecule has 4 N–H and O–H groups in total. The molecule has 2 aliphatic heterocycles. The quantitative estimate of drug-likeness (QED) is 0.477. The summed E-state index contributed by atoms with van der Waals surface area (Å²) in [6.45, 7) is 2.65. The highest BCUT2D eigenvalue weighted by Crippen LogP contribution is 2.35. The molecule has 0 aromatic carbocycles. The van der Waals surface area contributed by atoms with Gasteiger partial charge in [0.15, 0.2) is 11.3 Å². The van der Waals surface area contributed by atoms with Gasteiger partial charge in [0.05, 0.1) is 0 Å². The minimum Gasteiger partial charge on any atom is -0.388 e. The van der Waals surface area contributed by atoms with E-state index in [-0.39, 0.29) is 0 Å². The van der Waals surface area contributed by atoms with Crippen molar-refractivity contribution < 1.29 is 19.7 Å². The number of hydrogen-bond donors (Lipinski definition) is 4. The number of amides is 1. The molecule has 0 aromatic rings. The van der Waals surface area contributed by atoms with E-state index in [2.05, 4.69) is 15.6 Å². The van der Waals surface area contributed by atoms with Crippen LogP contribution in [0.3, 0.4) is 0 Å². The van der Waals surface area contributed by atoms with Crippen LogP contribution in [0.2, 0.25) is 0 Å². The smallest absolute Gasteiger partial charge is 0.251 e. The average molecular weight is 275 g/mol. The molecule has 2 rings (SSSR count). The Morgan fingerprint density at radius 2 is 2.22 bits per heavy atom. The predicted octanol–water partition coefficient (Wildman–Crippen LogP) is -1.74. The number of likely N-dealkylation sites (N-methyl/N-ethyl adjacent to an activating group) is 1. The van der Waals surface area contributed by atoms with Gasteiger partial charge in [-0.1, -0.05) is 11.8 Å². The van der Waals surface area contributed by atoms with Crippen LogP contribution >= 0.6 is 11.8 Å². The number of nitrogens with one attached hydrogen (secondary N) is 2. The van der Waals surface area contributed by atoms with Gasteiger partial charge in [-0.2, -0.15) is 0 Å². The van der Waals surface area contributed by atoms with Crippen molar-refractivity contribution in [3.05, 3.63) is 0 Å². The van der Waals surface area contributed by atoms with E-state index in [1.807, 2.05) is 6.92 Å². The lowest BCUT2D eigenvalue weighted by molar-refractivity contribution is -0.170. The van der Waals surface area contributed by atoms with Crippen molar-refractivity contribution in [2.75, 3.05) is 13.6 Å². The molecule has 2 heterocycles. The second-order valence-corrected chi connectivity index (χ2v) is 5.18. The van der Waals surface area contributed by atoms with Gasteiger partial charge in [0, 0.05) is 13.6 Å². The maximum absolute atomic E-state index is 11.5. The molecule has 8 heteroatoms. The van der Waals surface area contributed by atoms with E-state index in [9.17, 15) is 15.0 Å². The molecule has 1 amide bonds. The number of rotatable bonds is 2. The summed E-state index contributed by atoms with van der Waals surface area (Å²) in [5.74, 6) is -0.447. The maximum Gasteiger partial charge on any atom is 0.251 e. The molecule has 5 atom stereocenters. The lowest BCUT2D eigenvalue weighted by Crippen LogP contribution is -2.59. The third-order valence-electron chi connectivity index (χ3n) is 2.90. The van der Waals surface area contributed by atoms with Gasteiger partial charge >= 0.3 is 0 Å². The standard InChI is InChI=1S/C10H17N3O4S/c1-3-12-10-13-4-5(14)6(15)7(8(16)11-2)17-9(4)18-10/h4-7,9,14-15H,3H2,1-2H3,(H,11,16)(H,12,13)/t4-,5-,6+,7+,9-/m1/s1. The van der Waals surface area contributed by atoms with Crippen molar-refractivity contribution in [2.24, 2.45) is 4.99 Å². The highest BCUT2D eigenvalue weighted by Gasteiger charge is 2.50. The zero-order valence-corrected chi connectivity index (χ0v) is 11.0. The number of aliphatic imine (C=N–C) groups is 1. The van der Waals surface area contributed by atoms with Gasteiger partial charge in [-0.3, -0.25) is 9.79 Å². The lowest BCUT2D eigenvalue weighted by atomic mass is 9.98. The van der Waals surface area contributed by atoms with Gasteiger partial charge in [0.1, 0.15) is 23.7 Å². The monoisotopic (exact) mass is 275 g/mol. The van der Waals surface area contributed by atoms with Gasteiger partial charge in [0.2, 0.25) is 0 Å². The molecule has 1 saturated heterocycles. The highest BCUT2D eigenvalue weighted by atomic mass is 32.2. The third-order valence-corrected chi connectivity index (χ3v) is 3.99. The highest BCUT2D eigenvalue weighted by molar-refractivity contribution is 8.14. The van der Waals surface area contributed by atoms with Crippen molar-refractivity contribution in [3.63, 3.8) is 0 Å². The van der Waals surface area contributed by atoms with E-state index >= 15 is 0 Å². The lowest BCUT2D eigenvalue weighted by Gasteiger charge is -2.37. The largest absolute Gasteiger partial charge is 0.388 e. The Kier molecular flexibility index (Phi) is 4.10. The van der Waals surface area contributed by atoms with E-state index < -0.39 is 35.7 Å². The molecule has 0 radical (unpaired) electrons. The maximum atomic E-state index is 11.5. The Morgan fingerprint density at radius 3 is 2.83 bits per heavy atom. The van der Waals surface area contributed by atoms with Crippen LogP contribution in [0.1, 0.15) is 6.92 Å².